The van der Waals surface area contributed by atoms with Crippen LogP contribution in [-0.4, -0.2) is 9.55 Å². The molecule has 3 nitrogen and oxygen atoms in total. The van der Waals surface area contributed by atoms with Crippen LogP contribution in [0.4, 0.5) is 0 Å². The molecule has 5 rings (SSSR count). The summed E-state index contributed by atoms with van der Waals surface area (Å²) < 4.78 is 2.14. The third-order valence-corrected chi connectivity index (χ3v) is 5.16. The van der Waals surface area contributed by atoms with Gasteiger partial charge in [0.05, 0.1) is 16.7 Å². The Kier molecular flexibility index (Phi) is 3.70. The van der Waals surface area contributed by atoms with E-state index in [-0.39, 0.29) is 0 Å². The third-order valence-electron chi connectivity index (χ3n) is 5.16. The first-order valence-corrected chi connectivity index (χ1v) is 9.22. The highest BCUT2D eigenvalue weighted by molar-refractivity contribution is 6.10. The second kappa shape index (κ2) is 6.37. The van der Waals surface area contributed by atoms with Gasteiger partial charge in [-0.05, 0) is 54.4 Å². The van der Waals surface area contributed by atoms with Crippen molar-refractivity contribution >= 4 is 21.8 Å². The van der Waals surface area contributed by atoms with Crippen molar-refractivity contribution in [2.24, 2.45) is 0 Å². The number of rotatable bonds is 2. The minimum Gasteiger partial charge on any atom is -0.306 e. The molecular formula is C25H17N3. The van der Waals surface area contributed by atoms with E-state index in [1.165, 1.54) is 27.5 Å². The topological polar surface area (TPSA) is 41.6 Å². The summed E-state index contributed by atoms with van der Waals surface area (Å²) in [4.78, 5) is 4.27. The molecule has 0 saturated heterocycles. The third kappa shape index (κ3) is 2.47. The van der Waals surface area contributed by atoms with Gasteiger partial charge in [-0.3, -0.25) is 0 Å². The molecule has 0 fully saturated rings. The van der Waals surface area contributed by atoms with Crippen molar-refractivity contribution in [2.75, 3.05) is 0 Å². The van der Waals surface area contributed by atoms with Gasteiger partial charge in [0, 0.05) is 17.0 Å². The van der Waals surface area contributed by atoms with E-state index < -0.39 is 0 Å². The first-order chi connectivity index (χ1) is 13.8. The number of fused-ring (bicyclic) bond motifs is 3. The fraction of sp³-hybridized carbons (Fsp3) is 0.0400. The van der Waals surface area contributed by atoms with Gasteiger partial charge in [-0.15, -0.1) is 0 Å². The van der Waals surface area contributed by atoms with Crippen LogP contribution in [-0.2, 0) is 0 Å². The second-order valence-electron chi connectivity index (χ2n) is 6.94. The lowest BCUT2D eigenvalue weighted by molar-refractivity contribution is 1.12. The SMILES string of the molecule is Cc1ccc2c(c1)c1cc(-c3ccccc3)ccc1n2-c1cccnc1C#N. The molecule has 5 aromatic rings. The first-order valence-electron chi connectivity index (χ1n) is 9.22. The van der Waals surface area contributed by atoms with Crippen LogP contribution >= 0.6 is 0 Å². The Hall–Kier alpha value is -3.90. The zero-order valence-electron chi connectivity index (χ0n) is 15.4. The Balaban J connectivity index is 1.89. The summed E-state index contributed by atoms with van der Waals surface area (Å²) in [5.74, 6) is 0. The minimum absolute atomic E-state index is 0.425. The zero-order valence-corrected chi connectivity index (χ0v) is 15.4. The van der Waals surface area contributed by atoms with E-state index in [1.807, 2.05) is 18.2 Å². The summed E-state index contributed by atoms with van der Waals surface area (Å²) in [6.07, 6.45) is 1.66. The van der Waals surface area contributed by atoms with Crippen molar-refractivity contribution in [1.29, 1.82) is 5.26 Å². The number of aryl methyl sites for hydroxylation is 1. The van der Waals surface area contributed by atoms with Crippen LogP contribution < -0.4 is 0 Å². The molecule has 0 aliphatic carbocycles. The van der Waals surface area contributed by atoms with Gasteiger partial charge >= 0.3 is 0 Å². The van der Waals surface area contributed by atoms with Crippen LogP contribution in [0, 0.1) is 18.3 Å². The molecule has 0 bridgehead atoms. The number of nitrogens with zero attached hydrogens (tertiary/aromatic N) is 3. The standard InChI is InChI=1S/C25H17N3/c1-17-9-11-23-20(14-17)21-15-19(18-6-3-2-4-7-18)10-12-24(21)28(23)25-8-5-13-27-22(25)16-26/h2-15H,1H3. The second-order valence-corrected chi connectivity index (χ2v) is 6.94. The number of benzene rings is 3. The maximum atomic E-state index is 9.57. The smallest absolute Gasteiger partial charge is 0.164 e. The largest absolute Gasteiger partial charge is 0.306 e. The van der Waals surface area contributed by atoms with E-state index in [4.69, 9.17) is 0 Å². The predicted octanol–water partition coefficient (Wildman–Crippen LogP) is 6.03. The summed E-state index contributed by atoms with van der Waals surface area (Å²) in [6.45, 7) is 2.11. The van der Waals surface area contributed by atoms with Gasteiger partial charge in [-0.1, -0.05) is 48.0 Å². The van der Waals surface area contributed by atoms with Gasteiger partial charge < -0.3 is 4.57 Å². The number of aromatic nitrogens is 2. The number of pyridine rings is 1. The van der Waals surface area contributed by atoms with Crippen molar-refractivity contribution in [2.45, 2.75) is 6.92 Å². The van der Waals surface area contributed by atoms with Crippen LogP contribution in [0.1, 0.15) is 11.3 Å². The quantitative estimate of drug-likeness (QED) is 0.386. The summed E-state index contributed by atoms with van der Waals surface area (Å²) >= 11 is 0. The van der Waals surface area contributed by atoms with Gasteiger partial charge in [0.2, 0.25) is 0 Å². The van der Waals surface area contributed by atoms with E-state index in [1.54, 1.807) is 6.20 Å². The molecule has 0 aliphatic rings. The molecule has 0 N–H and O–H groups in total. The molecule has 0 saturated carbocycles. The van der Waals surface area contributed by atoms with Crippen LogP contribution in [0.25, 0.3) is 38.6 Å². The van der Waals surface area contributed by atoms with E-state index in [9.17, 15) is 5.26 Å². The number of hydrogen-bond acceptors (Lipinski definition) is 2. The van der Waals surface area contributed by atoms with Crippen LogP contribution in [0.3, 0.4) is 0 Å². The maximum absolute atomic E-state index is 9.57. The summed E-state index contributed by atoms with van der Waals surface area (Å²) in [7, 11) is 0. The summed E-state index contributed by atoms with van der Waals surface area (Å²) in [5.41, 5.74) is 6.97. The van der Waals surface area contributed by atoms with Crippen molar-refractivity contribution in [1.82, 2.24) is 9.55 Å². The molecule has 28 heavy (non-hydrogen) atoms. The molecule has 3 aromatic carbocycles. The van der Waals surface area contributed by atoms with Gasteiger partial charge in [0.25, 0.3) is 0 Å². The molecular weight excluding hydrogens is 342 g/mol. The Bertz CT molecular complexity index is 1370. The predicted molar refractivity (Wildman–Crippen MR) is 113 cm³/mol. The number of nitriles is 1. The highest BCUT2D eigenvalue weighted by Crippen LogP contribution is 2.35. The molecule has 0 aliphatic heterocycles. The van der Waals surface area contributed by atoms with Gasteiger partial charge in [0.15, 0.2) is 5.69 Å². The molecule has 2 aromatic heterocycles. The maximum Gasteiger partial charge on any atom is 0.164 e. The molecule has 0 amide bonds. The lowest BCUT2D eigenvalue weighted by Gasteiger charge is -2.09. The minimum atomic E-state index is 0.425. The van der Waals surface area contributed by atoms with E-state index >= 15 is 0 Å². The van der Waals surface area contributed by atoms with Crippen molar-refractivity contribution in [3.05, 3.63) is 96.3 Å². The normalized spacial score (nSPS) is 11.0. The molecule has 3 heteroatoms. The zero-order chi connectivity index (χ0) is 19.1. The summed E-state index contributed by atoms with van der Waals surface area (Å²) in [6, 6.07) is 29.4. The van der Waals surface area contributed by atoms with Crippen LogP contribution in [0.2, 0.25) is 0 Å². The number of hydrogen-bond donors (Lipinski definition) is 0. The molecule has 0 spiro atoms. The highest BCUT2D eigenvalue weighted by Gasteiger charge is 2.16. The van der Waals surface area contributed by atoms with E-state index in [2.05, 4.69) is 83.2 Å². The Morgan fingerprint density at radius 3 is 2.32 bits per heavy atom. The Labute approximate surface area is 163 Å². The van der Waals surface area contributed by atoms with Crippen molar-refractivity contribution < 1.29 is 0 Å². The van der Waals surface area contributed by atoms with Gasteiger partial charge in [0.1, 0.15) is 6.07 Å². The fourth-order valence-electron chi connectivity index (χ4n) is 3.87. The molecule has 0 radical (unpaired) electrons. The molecule has 132 valence electrons. The molecule has 0 unspecified atom stereocenters. The molecule has 0 atom stereocenters. The highest BCUT2D eigenvalue weighted by atomic mass is 15.0. The summed E-state index contributed by atoms with van der Waals surface area (Å²) in [5, 5.41) is 11.9. The first kappa shape index (κ1) is 16.3. The lowest BCUT2D eigenvalue weighted by atomic mass is 10.0. The lowest BCUT2D eigenvalue weighted by Crippen LogP contribution is -1.99. The average Bonchev–Trinajstić information content (AvgIpc) is 3.07. The van der Waals surface area contributed by atoms with Crippen LogP contribution in [0.15, 0.2) is 85.1 Å². The monoisotopic (exact) mass is 359 g/mol. The molecule has 2 heterocycles. The van der Waals surface area contributed by atoms with E-state index in [0.29, 0.717) is 5.69 Å². The van der Waals surface area contributed by atoms with E-state index in [0.717, 1.165) is 16.7 Å². The fourth-order valence-corrected chi connectivity index (χ4v) is 3.87. The Morgan fingerprint density at radius 2 is 1.54 bits per heavy atom. The van der Waals surface area contributed by atoms with Gasteiger partial charge in [-0.25, -0.2) is 4.98 Å². The Morgan fingerprint density at radius 1 is 0.786 bits per heavy atom. The van der Waals surface area contributed by atoms with Crippen molar-refractivity contribution in [3.8, 4) is 22.9 Å². The average molecular weight is 359 g/mol. The van der Waals surface area contributed by atoms with Crippen LogP contribution in [0.5, 0.6) is 0 Å². The van der Waals surface area contributed by atoms with Gasteiger partial charge in [-0.2, -0.15) is 5.26 Å². The van der Waals surface area contributed by atoms with Crippen molar-refractivity contribution in [3.63, 3.8) is 0 Å².